The van der Waals surface area contributed by atoms with Crippen LogP contribution in [0.2, 0.25) is 0 Å². The number of nitriles is 1. The Morgan fingerprint density at radius 3 is 2.67 bits per heavy atom. The minimum atomic E-state index is -0.548. The zero-order chi connectivity index (χ0) is 31.9. The number of rotatable bonds is 8. The standard InChI is InChI=1S/C35H34FN7O3/c1-19(2)31-32-30(34(44)40-31)28(29(35-42-41-20(3)46-35)27(39-32)7-5-21-9-12-45-13-10-21)25-15-23-8-11-43(33(23)38-17-25)18-22-4-6-24(16-37)26(36)14-22/h4,6,8,11,14-15,17,19,21,31H,5,7,9-10,12-13,18H2,1-3H3,(H,40,44)/t31-/m1/s1. The van der Waals surface area contributed by atoms with Gasteiger partial charge in [-0.05, 0) is 67.3 Å². The van der Waals surface area contributed by atoms with Gasteiger partial charge in [-0.3, -0.25) is 9.78 Å². The van der Waals surface area contributed by atoms with Gasteiger partial charge < -0.3 is 19.0 Å². The average Bonchev–Trinajstić information content (AvgIpc) is 3.76. The quantitative estimate of drug-likeness (QED) is 0.214. The van der Waals surface area contributed by atoms with E-state index in [1.54, 1.807) is 19.2 Å². The first-order valence-electron chi connectivity index (χ1n) is 15.7. The van der Waals surface area contributed by atoms with E-state index in [9.17, 15) is 9.18 Å². The highest BCUT2D eigenvalue weighted by molar-refractivity contribution is 6.08. The summed E-state index contributed by atoms with van der Waals surface area (Å²) < 4.78 is 27.9. The lowest BCUT2D eigenvalue weighted by Gasteiger charge is -2.23. The summed E-state index contributed by atoms with van der Waals surface area (Å²) in [5.41, 5.74) is 5.59. The molecule has 1 saturated heterocycles. The summed E-state index contributed by atoms with van der Waals surface area (Å²) in [6.07, 6.45) is 7.30. The van der Waals surface area contributed by atoms with E-state index in [2.05, 4.69) is 29.4 Å². The summed E-state index contributed by atoms with van der Waals surface area (Å²) in [4.78, 5) is 23.7. The number of nitrogens with zero attached hydrogens (tertiary/aromatic N) is 6. The van der Waals surface area contributed by atoms with Crippen molar-refractivity contribution in [1.29, 1.82) is 5.26 Å². The van der Waals surface area contributed by atoms with E-state index in [0.29, 0.717) is 58.6 Å². The molecule has 0 spiro atoms. The van der Waals surface area contributed by atoms with E-state index in [1.165, 1.54) is 12.1 Å². The number of hydrogen-bond donors (Lipinski definition) is 1. The lowest BCUT2D eigenvalue weighted by atomic mass is 9.88. The van der Waals surface area contributed by atoms with E-state index in [0.717, 1.165) is 54.8 Å². The van der Waals surface area contributed by atoms with Gasteiger partial charge in [0, 0.05) is 55.6 Å². The zero-order valence-electron chi connectivity index (χ0n) is 26.0. The lowest BCUT2D eigenvalue weighted by Crippen LogP contribution is -2.23. The second-order valence-electron chi connectivity index (χ2n) is 12.5. The number of benzene rings is 1. The Hall–Kier alpha value is -4.95. The van der Waals surface area contributed by atoms with E-state index in [-0.39, 0.29) is 23.4 Å². The predicted octanol–water partition coefficient (Wildman–Crippen LogP) is 6.32. The molecule has 0 unspecified atom stereocenters. The minimum Gasteiger partial charge on any atom is -0.421 e. The largest absolute Gasteiger partial charge is 0.421 e. The van der Waals surface area contributed by atoms with Crippen LogP contribution in [-0.2, 0) is 17.7 Å². The molecule has 1 fully saturated rings. The van der Waals surface area contributed by atoms with Gasteiger partial charge in [0.2, 0.25) is 11.8 Å². The monoisotopic (exact) mass is 619 g/mol. The van der Waals surface area contributed by atoms with E-state index < -0.39 is 5.82 Å². The van der Waals surface area contributed by atoms with Crippen molar-refractivity contribution in [3.8, 4) is 28.7 Å². The molecule has 0 bridgehead atoms. The Balaban J connectivity index is 1.36. The molecule has 46 heavy (non-hydrogen) atoms. The third kappa shape index (κ3) is 5.43. The van der Waals surface area contributed by atoms with Crippen LogP contribution in [-0.4, -0.2) is 43.9 Å². The molecule has 4 aromatic heterocycles. The maximum atomic E-state index is 14.3. The Morgan fingerprint density at radius 1 is 1.13 bits per heavy atom. The first-order valence-corrected chi connectivity index (χ1v) is 15.7. The Kier molecular flexibility index (Phi) is 7.82. The van der Waals surface area contributed by atoms with Crippen molar-refractivity contribution in [2.45, 2.75) is 59.0 Å². The van der Waals surface area contributed by atoms with Crippen LogP contribution in [0.5, 0.6) is 0 Å². The molecule has 2 aliphatic rings. The predicted molar refractivity (Wildman–Crippen MR) is 168 cm³/mol. The lowest BCUT2D eigenvalue weighted by molar-refractivity contribution is 0.0639. The molecule has 7 rings (SSSR count). The van der Waals surface area contributed by atoms with Gasteiger partial charge in [-0.2, -0.15) is 5.26 Å². The van der Waals surface area contributed by atoms with Crippen molar-refractivity contribution >= 4 is 16.9 Å². The molecule has 0 aliphatic carbocycles. The number of carbonyl (C=O) groups excluding carboxylic acids is 1. The van der Waals surface area contributed by atoms with Gasteiger partial charge in [-0.25, -0.2) is 9.37 Å². The molecule has 0 saturated carbocycles. The summed E-state index contributed by atoms with van der Waals surface area (Å²) in [6, 6.07) is 10.2. The molecule has 5 aromatic rings. The van der Waals surface area contributed by atoms with Crippen LogP contribution in [0.4, 0.5) is 4.39 Å². The molecule has 10 nitrogen and oxygen atoms in total. The number of carbonyl (C=O) groups is 1. The fourth-order valence-electron chi connectivity index (χ4n) is 6.63. The minimum absolute atomic E-state index is 0.0110. The van der Waals surface area contributed by atoms with Crippen LogP contribution in [0, 0.1) is 35.9 Å². The SMILES string of the molecule is Cc1nnc(-c2c(CCC3CCOCC3)nc3c(c2-c2cnc4c(ccn4Cc4ccc(C#N)c(F)c4)c2)C(=O)N[C@@H]3C(C)C)o1. The number of pyridine rings is 2. The Bertz CT molecular complexity index is 2000. The van der Waals surface area contributed by atoms with Crippen molar-refractivity contribution in [2.24, 2.45) is 11.8 Å². The van der Waals surface area contributed by atoms with Gasteiger partial charge in [0.1, 0.15) is 17.5 Å². The molecule has 11 heteroatoms. The van der Waals surface area contributed by atoms with Crippen molar-refractivity contribution in [1.82, 2.24) is 30.0 Å². The highest BCUT2D eigenvalue weighted by Crippen LogP contribution is 2.44. The zero-order valence-corrected chi connectivity index (χ0v) is 26.0. The fraction of sp³-hybridized carbons (Fsp3) is 0.371. The average molecular weight is 620 g/mol. The number of aryl methyl sites for hydroxylation is 2. The Morgan fingerprint density at radius 2 is 1.96 bits per heavy atom. The van der Waals surface area contributed by atoms with Gasteiger partial charge >= 0.3 is 0 Å². The smallest absolute Gasteiger partial charge is 0.254 e. The summed E-state index contributed by atoms with van der Waals surface area (Å²) in [5.74, 6) is 0.662. The van der Waals surface area contributed by atoms with Gasteiger partial charge in [-0.1, -0.05) is 19.9 Å². The topological polar surface area (TPSA) is 132 Å². The second kappa shape index (κ2) is 12.1. The van der Waals surface area contributed by atoms with Crippen LogP contribution in [0.25, 0.3) is 33.6 Å². The normalized spacial score (nSPS) is 16.6. The molecule has 0 radical (unpaired) electrons. The third-order valence-corrected chi connectivity index (χ3v) is 9.04. The fourth-order valence-corrected chi connectivity index (χ4v) is 6.63. The maximum Gasteiger partial charge on any atom is 0.254 e. The molecule has 1 N–H and O–H groups in total. The summed E-state index contributed by atoms with van der Waals surface area (Å²) >= 11 is 0. The number of halogens is 1. The first kappa shape index (κ1) is 29.7. The molecule has 2 aliphatic heterocycles. The first-order chi connectivity index (χ1) is 22.3. The maximum absolute atomic E-state index is 14.3. The number of ether oxygens (including phenoxy) is 1. The summed E-state index contributed by atoms with van der Waals surface area (Å²) in [6.45, 7) is 7.81. The summed E-state index contributed by atoms with van der Waals surface area (Å²) in [5, 5.41) is 21.7. The van der Waals surface area contributed by atoms with Crippen molar-refractivity contribution in [3.63, 3.8) is 0 Å². The third-order valence-electron chi connectivity index (χ3n) is 9.04. The van der Waals surface area contributed by atoms with Gasteiger partial charge in [0.15, 0.2) is 0 Å². The number of nitrogens with one attached hydrogen (secondary N) is 1. The van der Waals surface area contributed by atoms with Crippen molar-refractivity contribution in [2.75, 3.05) is 13.2 Å². The van der Waals surface area contributed by atoms with Crippen molar-refractivity contribution < 1.29 is 18.3 Å². The molecular formula is C35H34FN7O3. The van der Waals surface area contributed by atoms with Gasteiger partial charge in [0.25, 0.3) is 5.91 Å². The molecule has 1 amide bonds. The summed E-state index contributed by atoms with van der Waals surface area (Å²) in [7, 11) is 0. The second-order valence-corrected chi connectivity index (χ2v) is 12.5. The molecule has 234 valence electrons. The van der Waals surface area contributed by atoms with Crippen LogP contribution in [0.15, 0.2) is 47.1 Å². The molecule has 1 aromatic carbocycles. The molecular weight excluding hydrogens is 585 g/mol. The molecule has 1 atom stereocenters. The van der Waals surface area contributed by atoms with E-state index >= 15 is 0 Å². The van der Waals surface area contributed by atoms with Crippen LogP contribution < -0.4 is 5.32 Å². The Labute approximate surface area is 265 Å². The highest BCUT2D eigenvalue weighted by atomic mass is 19.1. The highest BCUT2D eigenvalue weighted by Gasteiger charge is 2.38. The van der Waals surface area contributed by atoms with Crippen LogP contribution in [0.1, 0.15) is 77.9 Å². The number of fused-ring (bicyclic) bond motifs is 2. The van der Waals surface area contributed by atoms with Gasteiger partial charge in [0.05, 0.1) is 34.1 Å². The van der Waals surface area contributed by atoms with E-state index in [4.69, 9.17) is 24.4 Å². The molecule has 6 heterocycles. The van der Waals surface area contributed by atoms with E-state index in [1.807, 2.05) is 29.0 Å². The number of hydrogen-bond acceptors (Lipinski definition) is 8. The van der Waals surface area contributed by atoms with Crippen molar-refractivity contribution in [3.05, 3.63) is 82.5 Å². The van der Waals surface area contributed by atoms with Crippen LogP contribution >= 0.6 is 0 Å². The van der Waals surface area contributed by atoms with Crippen LogP contribution in [0.3, 0.4) is 0 Å². The number of amides is 1. The van der Waals surface area contributed by atoms with Gasteiger partial charge in [-0.15, -0.1) is 10.2 Å². The number of aromatic nitrogens is 5.